The van der Waals surface area contributed by atoms with Gasteiger partial charge in [0.2, 0.25) is 15.9 Å². The number of hydrogen-bond donors (Lipinski definition) is 2. The maximum atomic E-state index is 12.4. The molecule has 2 rings (SSSR count). The van der Waals surface area contributed by atoms with Crippen LogP contribution in [-0.4, -0.2) is 42.5 Å². The Labute approximate surface area is 148 Å². The van der Waals surface area contributed by atoms with Crippen LogP contribution in [0.15, 0.2) is 29.2 Å². The lowest BCUT2D eigenvalue weighted by atomic mass is 10.1. The molecule has 0 saturated carbocycles. The zero-order valence-corrected chi connectivity index (χ0v) is 15.8. The van der Waals surface area contributed by atoms with Crippen molar-refractivity contribution in [1.82, 2.24) is 19.8 Å². The largest absolute Gasteiger partial charge is 0.337 e. The van der Waals surface area contributed by atoms with Crippen molar-refractivity contribution in [2.45, 2.75) is 39.1 Å². The number of carbonyl (C=O) groups excluding carboxylic acids is 1. The van der Waals surface area contributed by atoms with Crippen molar-refractivity contribution >= 4 is 15.9 Å². The minimum absolute atomic E-state index is 0.101. The van der Waals surface area contributed by atoms with E-state index in [4.69, 9.17) is 0 Å². The molecule has 1 heterocycles. The third-order valence-corrected chi connectivity index (χ3v) is 5.67. The number of aryl methyl sites for hydroxylation is 3. The van der Waals surface area contributed by atoms with Crippen LogP contribution in [0, 0.1) is 20.8 Å². The molecule has 2 aromatic rings. The molecule has 0 fully saturated rings. The quantitative estimate of drug-likeness (QED) is 0.781. The van der Waals surface area contributed by atoms with Gasteiger partial charge in [-0.05, 0) is 26.3 Å². The van der Waals surface area contributed by atoms with Gasteiger partial charge < -0.3 is 4.90 Å². The number of nitrogens with one attached hydrogen (secondary N) is 2. The maximum absolute atomic E-state index is 12.4. The molecule has 0 aliphatic carbocycles. The van der Waals surface area contributed by atoms with Gasteiger partial charge in [0.15, 0.2) is 0 Å². The van der Waals surface area contributed by atoms with E-state index >= 15 is 0 Å². The Morgan fingerprint density at radius 1 is 1.20 bits per heavy atom. The zero-order chi connectivity index (χ0) is 18.6. The van der Waals surface area contributed by atoms with E-state index in [1.165, 1.54) is 6.92 Å². The van der Waals surface area contributed by atoms with Crippen molar-refractivity contribution in [2.75, 3.05) is 13.1 Å². The highest BCUT2D eigenvalue weighted by molar-refractivity contribution is 7.89. The highest BCUT2D eigenvalue weighted by atomic mass is 32.2. The molecule has 25 heavy (non-hydrogen) atoms. The van der Waals surface area contributed by atoms with E-state index in [9.17, 15) is 13.2 Å². The number of aromatic amines is 1. The lowest BCUT2D eigenvalue weighted by molar-refractivity contribution is -0.129. The van der Waals surface area contributed by atoms with Crippen LogP contribution in [0.3, 0.4) is 0 Å². The highest BCUT2D eigenvalue weighted by Gasteiger charge is 2.22. The van der Waals surface area contributed by atoms with Crippen molar-refractivity contribution in [2.24, 2.45) is 0 Å². The fourth-order valence-corrected chi connectivity index (χ4v) is 3.97. The number of benzene rings is 1. The second kappa shape index (κ2) is 7.79. The number of amides is 1. The van der Waals surface area contributed by atoms with Crippen LogP contribution in [0.2, 0.25) is 0 Å². The van der Waals surface area contributed by atoms with Gasteiger partial charge in [-0.25, -0.2) is 13.1 Å². The first kappa shape index (κ1) is 19.1. The Hall–Kier alpha value is -2.19. The number of hydrogen-bond acceptors (Lipinski definition) is 4. The summed E-state index contributed by atoms with van der Waals surface area (Å²) in [6.45, 7) is 7.65. The van der Waals surface area contributed by atoms with Gasteiger partial charge in [-0.1, -0.05) is 29.8 Å². The summed E-state index contributed by atoms with van der Waals surface area (Å²) in [6.07, 6.45) is 0. The molecule has 0 aliphatic heterocycles. The van der Waals surface area contributed by atoms with Gasteiger partial charge in [0.1, 0.15) is 4.90 Å². The lowest BCUT2D eigenvalue weighted by Gasteiger charge is -2.21. The molecular formula is C17H24N4O3S. The summed E-state index contributed by atoms with van der Waals surface area (Å²) < 4.78 is 27.4. The van der Waals surface area contributed by atoms with Crippen molar-refractivity contribution < 1.29 is 13.2 Å². The first-order valence-corrected chi connectivity index (χ1v) is 9.51. The van der Waals surface area contributed by atoms with E-state index in [2.05, 4.69) is 14.9 Å². The van der Waals surface area contributed by atoms with Crippen LogP contribution in [0.1, 0.15) is 29.4 Å². The number of rotatable bonds is 7. The average molecular weight is 364 g/mol. The van der Waals surface area contributed by atoms with Gasteiger partial charge in [-0.15, -0.1) is 0 Å². The summed E-state index contributed by atoms with van der Waals surface area (Å²) in [5.41, 5.74) is 3.07. The summed E-state index contributed by atoms with van der Waals surface area (Å²) in [5, 5.41) is 6.57. The molecule has 0 spiro atoms. The van der Waals surface area contributed by atoms with E-state index in [-0.39, 0.29) is 17.3 Å². The minimum Gasteiger partial charge on any atom is -0.337 e. The summed E-state index contributed by atoms with van der Waals surface area (Å²) in [7, 11) is -3.66. The predicted octanol–water partition coefficient (Wildman–Crippen LogP) is 1.66. The number of sulfonamides is 1. The first-order chi connectivity index (χ1) is 11.7. The molecule has 1 amide bonds. The van der Waals surface area contributed by atoms with E-state index < -0.39 is 10.0 Å². The lowest BCUT2D eigenvalue weighted by Crippen LogP contribution is -2.37. The Kier molecular flexibility index (Phi) is 5.97. The van der Waals surface area contributed by atoms with Crippen molar-refractivity contribution in [3.63, 3.8) is 0 Å². The minimum atomic E-state index is -3.66. The number of H-pyrrole nitrogens is 1. The van der Waals surface area contributed by atoms with Crippen LogP contribution in [0.4, 0.5) is 0 Å². The average Bonchev–Trinajstić information content (AvgIpc) is 2.87. The summed E-state index contributed by atoms with van der Waals surface area (Å²) >= 11 is 0. The van der Waals surface area contributed by atoms with Crippen LogP contribution in [-0.2, 0) is 21.4 Å². The third-order valence-electron chi connectivity index (χ3n) is 3.94. The van der Waals surface area contributed by atoms with E-state index in [0.717, 1.165) is 11.1 Å². The second-order valence-electron chi connectivity index (χ2n) is 6.09. The second-order valence-corrected chi connectivity index (χ2v) is 7.79. The van der Waals surface area contributed by atoms with Crippen LogP contribution in [0.25, 0.3) is 0 Å². The van der Waals surface area contributed by atoms with Crippen molar-refractivity contribution in [3.05, 3.63) is 46.8 Å². The molecule has 0 unspecified atom stereocenters. The fourth-order valence-electron chi connectivity index (χ4n) is 2.59. The van der Waals surface area contributed by atoms with Crippen LogP contribution >= 0.6 is 0 Å². The topological polar surface area (TPSA) is 95.2 Å². The standard InChI is InChI=1S/C17H24N4O3S/c1-12-5-7-16(8-6-12)11-21(15(4)22)10-9-18-25(23,24)17-13(2)19-20-14(17)3/h5-8,18H,9-11H2,1-4H3,(H,19,20). The number of nitrogens with zero attached hydrogens (tertiary/aromatic N) is 2. The summed E-state index contributed by atoms with van der Waals surface area (Å²) in [4.78, 5) is 13.6. The molecule has 1 aromatic heterocycles. The van der Waals surface area contributed by atoms with Gasteiger partial charge in [-0.2, -0.15) is 5.10 Å². The van der Waals surface area contributed by atoms with Crippen LogP contribution in [0.5, 0.6) is 0 Å². The molecule has 136 valence electrons. The normalized spacial score (nSPS) is 11.5. The predicted molar refractivity (Wildman–Crippen MR) is 95.5 cm³/mol. The first-order valence-electron chi connectivity index (χ1n) is 8.03. The molecule has 2 N–H and O–H groups in total. The van der Waals surface area contributed by atoms with Gasteiger partial charge in [-0.3, -0.25) is 9.89 Å². The van der Waals surface area contributed by atoms with E-state index in [0.29, 0.717) is 24.5 Å². The Balaban J connectivity index is 1.99. The Morgan fingerprint density at radius 3 is 2.36 bits per heavy atom. The van der Waals surface area contributed by atoms with E-state index in [1.54, 1.807) is 18.7 Å². The number of carbonyl (C=O) groups is 1. The van der Waals surface area contributed by atoms with Gasteiger partial charge in [0.05, 0.1) is 11.4 Å². The van der Waals surface area contributed by atoms with Gasteiger partial charge in [0.25, 0.3) is 0 Å². The van der Waals surface area contributed by atoms with Crippen molar-refractivity contribution in [1.29, 1.82) is 0 Å². The fraction of sp³-hybridized carbons (Fsp3) is 0.412. The molecular weight excluding hydrogens is 340 g/mol. The maximum Gasteiger partial charge on any atom is 0.244 e. The monoisotopic (exact) mass is 364 g/mol. The Bertz CT molecular complexity index is 822. The Morgan fingerprint density at radius 2 is 1.84 bits per heavy atom. The summed E-state index contributed by atoms with van der Waals surface area (Å²) in [6, 6.07) is 7.91. The van der Waals surface area contributed by atoms with E-state index in [1.807, 2.05) is 31.2 Å². The van der Waals surface area contributed by atoms with Crippen LogP contribution < -0.4 is 4.72 Å². The molecule has 8 heteroatoms. The molecule has 0 bridgehead atoms. The summed E-state index contributed by atoms with van der Waals surface area (Å²) in [5.74, 6) is -0.101. The van der Waals surface area contributed by atoms with Gasteiger partial charge >= 0.3 is 0 Å². The molecule has 0 radical (unpaired) electrons. The molecule has 0 aliphatic rings. The van der Waals surface area contributed by atoms with Gasteiger partial charge in [0, 0.05) is 26.6 Å². The molecule has 1 aromatic carbocycles. The highest BCUT2D eigenvalue weighted by Crippen LogP contribution is 2.16. The molecule has 0 saturated heterocycles. The SMILES string of the molecule is CC(=O)N(CCNS(=O)(=O)c1c(C)n[nH]c1C)Cc1ccc(C)cc1. The third kappa shape index (κ3) is 4.90. The zero-order valence-electron chi connectivity index (χ0n) is 15.0. The van der Waals surface area contributed by atoms with Crippen molar-refractivity contribution in [3.8, 4) is 0 Å². The smallest absolute Gasteiger partial charge is 0.244 e. The molecule has 0 atom stereocenters. The molecule has 7 nitrogen and oxygen atoms in total. The number of aromatic nitrogens is 2.